The number of nitrogens with one attached hydrogen (secondary N) is 1. The van der Waals surface area contributed by atoms with Crippen molar-refractivity contribution in [3.8, 4) is 0 Å². The molecule has 0 amide bonds. The number of hydrogen-bond donors (Lipinski definition) is 2. The lowest BCUT2D eigenvalue weighted by atomic mass is 10.2. The van der Waals surface area contributed by atoms with Crippen LogP contribution < -0.4 is 11.3 Å². The molecule has 0 aliphatic carbocycles. The quantitative estimate of drug-likeness (QED) is 0.552. The Morgan fingerprint density at radius 3 is 2.88 bits per heavy atom. The molecule has 0 radical (unpaired) electrons. The van der Waals surface area contributed by atoms with Crippen molar-refractivity contribution in [3.63, 3.8) is 0 Å². The van der Waals surface area contributed by atoms with Crippen molar-refractivity contribution >= 4 is 0 Å². The summed E-state index contributed by atoms with van der Waals surface area (Å²) in [6.07, 6.45) is 5.87. The van der Waals surface area contributed by atoms with Gasteiger partial charge in [-0.1, -0.05) is 0 Å². The highest BCUT2D eigenvalue weighted by molar-refractivity contribution is 5.02. The van der Waals surface area contributed by atoms with E-state index in [0.29, 0.717) is 6.42 Å². The van der Waals surface area contributed by atoms with E-state index < -0.39 is 0 Å². The molecule has 92 valence electrons. The molecule has 0 saturated heterocycles. The number of aryl methyl sites for hydroxylation is 2. The average Bonchev–Trinajstić information content (AvgIpc) is 2.94. The van der Waals surface area contributed by atoms with Gasteiger partial charge in [0.1, 0.15) is 18.0 Å². The molecule has 7 heteroatoms. The predicted molar refractivity (Wildman–Crippen MR) is 62.7 cm³/mol. The van der Waals surface area contributed by atoms with E-state index in [1.807, 2.05) is 29.4 Å². The van der Waals surface area contributed by atoms with Gasteiger partial charge in [-0.2, -0.15) is 5.10 Å². The highest BCUT2D eigenvalue weighted by Gasteiger charge is 2.17. The van der Waals surface area contributed by atoms with Crippen LogP contribution in [0.2, 0.25) is 0 Å². The maximum absolute atomic E-state index is 5.58. The van der Waals surface area contributed by atoms with Gasteiger partial charge in [0.15, 0.2) is 0 Å². The number of rotatable bonds is 5. The van der Waals surface area contributed by atoms with Gasteiger partial charge >= 0.3 is 0 Å². The molecule has 1 atom stereocenters. The fourth-order valence-electron chi connectivity index (χ4n) is 1.83. The van der Waals surface area contributed by atoms with Crippen LogP contribution in [0.5, 0.6) is 0 Å². The second-order valence-corrected chi connectivity index (χ2v) is 3.81. The minimum atomic E-state index is -0.0653. The first kappa shape index (κ1) is 11.7. The first-order valence-corrected chi connectivity index (χ1v) is 5.56. The molecular formula is C10H17N7. The third-order valence-corrected chi connectivity index (χ3v) is 2.75. The van der Waals surface area contributed by atoms with Crippen molar-refractivity contribution in [2.24, 2.45) is 12.9 Å². The van der Waals surface area contributed by atoms with Gasteiger partial charge in [0.2, 0.25) is 0 Å². The molecule has 2 aromatic rings. The van der Waals surface area contributed by atoms with Crippen LogP contribution in [0, 0.1) is 0 Å². The Hall–Kier alpha value is -1.73. The van der Waals surface area contributed by atoms with Crippen molar-refractivity contribution < 1.29 is 0 Å². The first-order chi connectivity index (χ1) is 8.26. The van der Waals surface area contributed by atoms with E-state index in [1.165, 1.54) is 0 Å². The van der Waals surface area contributed by atoms with Crippen LogP contribution in [0.4, 0.5) is 0 Å². The summed E-state index contributed by atoms with van der Waals surface area (Å²) >= 11 is 0. The van der Waals surface area contributed by atoms with Crippen LogP contribution in [0.25, 0.3) is 0 Å². The molecule has 1 unspecified atom stereocenters. The molecule has 0 aliphatic heterocycles. The summed E-state index contributed by atoms with van der Waals surface area (Å²) < 4.78 is 3.80. The van der Waals surface area contributed by atoms with Crippen LogP contribution in [-0.2, 0) is 20.0 Å². The number of hydrogen-bond acceptors (Lipinski definition) is 5. The van der Waals surface area contributed by atoms with Gasteiger partial charge < -0.3 is 4.57 Å². The van der Waals surface area contributed by atoms with E-state index >= 15 is 0 Å². The molecule has 0 saturated carbocycles. The van der Waals surface area contributed by atoms with Gasteiger partial charge in [0, 0.05) is 32.4 Å². The van der Waals surface area contributed by atoms with E-state index in [4.69, 9.17) is 5.84 Å². The second-order valence-electron chi connectivity index (χ2n) is 3.81. The van der Waals surface area contributed by atoms with E-state index in [9.17, 15) is 0 Å². The van der Waals surface area contributed by atoms with Crippen molar-refractivity contribution in [2.75, 3.05) is 0 Å². The zero-order valence-corrected chi connectivity index (χ0v) is 10.0. The zero-order chi connectivity index (χ0) is 12.3. The number of aromatic nitrogens is 5. The number of imidazole rings is 1. The number of nitrogens with zero attached hydrogens (tertiary/aromatic N) is 5. The Labute approximate surface area is 99.6 Å². The first-order valence-electron chi connectivity index (χ1n) is 5.56. The average molecular weight is 235 g/mol. The monoisotopic (exact) mass is 235 g/mol. The van der Waals surface area contributed by atoms with Crippen LogP contribution in [0.1, 0.15) is 24.6 Å². The fraction of sp³-hybridized carbons (Fsp3) is 0.500. The predicted octanol–water partition coefficient (Wildman–Crippen LogP) is -0.221. The molecule has 3 N–H and O–H groups in total. The van der Waals surface area contributed by atoms with Gasteiger partial charge in [-0.05, 0) is 6.92 Å². The largest absolute Gasteiger partial charge is 0.337 e. The molecular weight excluding hydrogens is 218 g/mol. The van der Waals surface area contributed by atoms with Gasteiger partial charge in [-0.3, -0.25) is 10.5 Å². The van der Waals surface area contributed by atoms with E-state index in [2.05, 4.69) is 20.5 Å². The smallest absolute Gasteiger partial charge is 0.138 e. The Balaban J connectivity index is 2.19. The highest BCUT2D eigenvalue weighted by Crippen LogP contribution is 2.13. The van der Waals surface area contributed by atoms with E-state index in [1.54, 1.807) is 12.5 Å². The molecule has 0 aromatic carbocycles. The topological polar surface area (TPSA) is 86.6 Å². The molecule has 0 bridgehead atoms. The van der Waals surface area contributed by atoms with Gasteiger partial charge in [-0.25, -0.2) is 15.4 Å². The molecule has 0 spiro atoms. The summed E-state index contributed by atoms with van der Waals surface area (Å²) in [6.45, 7) is 2.83. The minimum absolute atomic E-state index is 0.0653. The van der Waals surface area contributed by atoms with Gasteiger partial charge in [0.25, 0.3) is 0 Å². The fourth-order valence-corrected chi connectivity index (χ4v) is 1.83. The highest BCUT2D eigenvalue weighted by atomic mass is 15.3. The van der Waals surface area contributed by atoms with Crippen molar-refractivity contribution in [3.05, 3.63) is 30.4 Å². The van der Waals surface area contributed by atoms with Crippen LogP contribution in [0.15, 0.2) is 18.7 Å². The third-order valence-electron chi connectivity index (χ3n) is 2.75. The van der Waals surface area contributed by atoms with Crippen LogP contribution >= 0.6 is 0 Å². The summed E-state index contributed by atoms with van der Waals surface area (Å²) in [5, 5.41) is 4.14. The molecule has 7 nitrogen and oxygen atoms in total. The normalized spacial score (nSPS) is 12.9. The lowest BCUT2D eigenvalue weighted by Gasteiger charge is -2.15. The molecule has 0 fully saturated rings. The van der Waals surface area contributed by atoms with Crippen LogP contribution in [-0.4, -0.2) is 24.3 Å². The standard InChI is InChI=1S/C10H17N7/c1-3-17-9(13-7-14-17)6-8(15-11)10-12-4-5-16(10)2/h4-5,7-8,15H,3,6,11H2,1-2H3. The van der Waals surface area contributed by atoms with Crippen molar-refractivity contribution in [1.82, 2.24) is 29.7 Å². The third kappa shape index (κ3) is 2.34. The summed E-state index contributed by atoms with van der Waals surface area (Å²) in [6, 6.07) is -0.0653. The van der Waals surface area contributed by atoms with Gasteiger partial charge in [0.05, 0.1) is 6.04 Å². The Morgan fingerprint density at radius 2 is 2.29 bits per heavy atom. The molecule has 2 aromatic heterocycles. The Kier molecular flexibility index (Phi) is 3.50. The van der Waals surface area contributed by atoms with Crippen LogP contribution in [0.3, 0.4) is 0 Å². The summed E-state index contributed by atoms with van der Waals surface area (Å²) in [4.78, 5) is 8.52. The maximum atomic E-state index is 5.58. The zero-order valence-electron chi connectivity index (χ0n) is 10.0. The molecule has 2 heterocycles. The minimum Gasteiger partial charge on any atom is -0.337 e. The van der Waals surface area contributed by atoms with E-state index in [0.717, 1.165) is 18.2 Å². The summed E-state index contributed by atoms with van der Waals surface area (Å²) in [5.74, 6) is 7.37. The molecule has 17 heavy (non-hydrogen) atoms. The number of nitrogens with two attached hydrogens (primary N) is 1. The summed E-state index contributed by atoms with van der Waals surface area (Å²) in [7, 11) is 1.94. The number of hydrazine groups is 1. The lowest BCUT2D eigenvalue weighted by molar-refractivity contribution is 0.478. The SMILES string of the molecule is CCn1ncnc1CC(NN)c1nccn1C. The Morgan fingerprint density at radius 1 is 1.47 bits per heavy atom. The maximum Gasteiger partial charge on any atom is 0.138 e. The van der Waals surface area contributed by atoms with E-state index in [-0.39, 0.29) is 6.04 Å². The second kappa shape index (κ2) is 5.07. The summed E-state index contributed by atoms with van der Waals surface area (Å²) in [5.41, 5.74) is 2.77. The van der Waals surface area contributed by atoms with Crippen molar-refractivity contribution in [2.45, 2.75) is 25.9 Å². The molecule has 2 rings (SSSR count). The Bertz CT molecular complexity index is 472. The lowest BCUT2D eigenvalue weighted by Crippen LogP contribution is -2.32. The molecule has 0 aliphatic rings. The van der Waals surface area contributed by atoms with Gasteiger partial charge in [-0.15, -0.1) is 0 Å². The van der Waals surface area contributed by atoms with Crippen molar-refractivity contribution in [1.29, 1.82) is 0 Å².